The summed E-state index contributed by atoms with van der Waals surface area (Å²) in [6, 6.07) is 5.65. The van der Waals surface area contributed by atoms with Crippen LogP contribution in [0.5, 0.6) is 5.75 Å². The van der Waals surface area contributed by atoms with Crippen molar-refractivity contribution in [3.8, 4) is 5.75 Å². The third-order valence-electron chi connectivity index (χ3n) is 5.31. The smallest absolute Gasteiger partial charge is 0.257 e. The van der Waals surface area contributed by atoms with Crippen molar-refractivity contribution in [2.45, 2.75) is 44.8 Å². The van der Waals surface area contributed by atoms with Crippen LogP contribution in [0.15, 0.2) is 18.2 Å². The Bertz CT molecular complexity index is 653. The van der Waals surface area contributed by atoms with Crippen LogP contribution >= 0.6 is 0 Å². The topological polar surface area (TPSA) is 81.9 Å². The fourth-order valence-electron chi connectivity index (χ4n) is 3.84. The molecular formula is C19H26N2O4. The maximum Gasteiger partial charge on any atom is 0.257 e. The zero-order valence-electron chi connectivity index (χ0n) is 14.9. The molecule has 0 aliphatic carbocycles. The first-order valence-electron chi connectivity index (χ1n) is 8.88. The van der Waals surface area contributed by atoms with Gasteiger partial charge in [0, 0.05) is 13.1 Å². The Morgan fingerprint density at radius 1 is 1.20 bits per heavy atom. The van der Waals surface area contributed by atoms with Gasteiger partial charge in [0.1, 0.15) is 11.9 Å². The summed E-state index contributed by atoms with van der Waals surface area (Å²) in [6.45, 7) is 3.37. The zero-order valence-corrected chi connectivity index (χ0v) is 14.9. The van der Waals surface area contributed by atoms with Gasteiger partial charge in [-0.05, 0) is 56.2 Å². The van der Waals surface area contributed by atoms with E-state index < -0.39 is 6.10 Å². The summed E-state index contributed by atoms with van der Waals surface area (Å²) in [4.78, 5) is 25.9. The van der Waals surface area contributed by atoms with Crippen LogP contribution in [0.1, 0.15) is 41.6 Å². The predicted octanol–water partition coefficient (Wildman–Crippen LogP) is 1.89. The minimum absolute atomic E-state index is 0.0117. The standard InChI is InChI=1S/C19H26N2O4/c1-12-3-4-14(17(11-12)24-2)19(23)21-9-7-13(8-10-21)15-5-6-16(25-15)18(20)22/h3-4,11,13,15-16H,5-10H2,1-2H3,(H2,20,22)/t15-,16+/m0/s1. The molecule has 2 fully saturated rings. The van der Waals surface area contributed by atoms with Crippen LogP contribution < -0.4 is 10.5 Å². The lowest BCUT2D eigenvalue weighted by atomic mass is 9.89. The van der Waals surface area contributed by atoms with Crippen molar-refractivity contribution in [2.75, 3.05) is 20.2 Å². The average Bonchev–Trinajstić information content (AvgIpc) is 3.11. The van der Waals surface area contributed by atoms with E-state index in [9.17, 15) is 9.59 Å². The van der Waals surface area contributed by atoms with E-state index in [0.29, 0.717) is 36.7 Å². The highest BCUT2D eigenvalue weighted by Crippen LogP contribution is 2.32. The Kier molecular flexibility index (Phi) is 5.27. The van der Waals surface area contributed by atoms with Crippen molar-refractivity contribution in [1.29, 1.82) is 0 Å². The molecule has 2 aliphatic heterocycles. The number of likely N-dealkylation sites (tertiary alicyclic amines) is 1. The summed E-state index contributed by atoms with van der Waals surface area (Å²) in [5.74, 6) is 0.642. The quantitative estimate of drug-likeness (QED) is 0.902. The third kappa shape index (κ3) is 3.79. The molecule has 2 heterocycles. The van der Waals surface area contributed by atoms with Crippen LogP contribution in [0.4, 0.5) is 0 Å². The average molecular weight is 346 g/mol. The minimum atomic E-state index is -0.443. The Hall–Kier alpha value is -2.08. The van der Waals surface area contributed by atoms with Crippen molar-refractivity contribution in [2.24, 2.45) is 11.7 Å². The number of amides is 2. The van der Waals surface area contributed by atoms with Gasteiger partial charge in [-0.25, -0.2) is 0 Å². The number of hydrogen-bond acceptors (Lipinski definition) is 4. The summed E-state index contributed by atoms with van der Waals surface area (Å²) in [5.41, 5.74) is 7.00. The number of benzene rings is 1. The first kappa shape index (κ1) is 17.7. The van der Waals surface area contributed by atoms with Gasteiger partial charge in [0.15, 0.2) is 0 Å². The van der Waals surface area contributed by atoms with Gasteiger partial charge in [0.2, 0.25) is 5.91 Å². The largest absolute Gasteiger partial charge is 0.496 e. The second-order valence-corrected chi connectivity index (χ2v) is 6.98. The Balaban J connectivity index is 1.59. The number of carbonyl (C=O) groups is 2. The van der Waals surface area contributed by atoms with Crippen molar-refractivity contribution in [1.82, 2.24) is 4.90 Å². The minimum Gasteiger partial charge on any atom is -0.496 e. The second-order valence-electron chi connectivity index (χ2n) is 6.98. The third-order valence-corrected chi connectivity index (χ3v) is 5.31. The van der Waals surface area contributed by atoms with Crippen LogP contribution in [0, 0.1) is 12.8 Å². The Morgan fingerprint density at radius 2 is 1.92 bits per heavy atom. The summed E-state index contributed by atoms with van der Waals surface area (Å²) in [6.07, 6.45) is 2.99. The summed E-state index contributed by atoms with van der Waals surface area (Å²) in [7, 11) is 1.59. The predicted molar refractivity (Wildman–Crippen MR) is 93.4 cm³/mol. The molecule has 0 radical (unpaired) electrons. The first-order chi connectivity index (χ1) is 12.0. The molecule has 0 bridgehead atoms. The highest BCUT2D eigenvalue weighted by molar-refractivity contribution is 5.97. The molecule has 2 N–H and O–H groups in total. The molecule has 136 valence electrons. The maximum atomic E-state index is 12.8. The lowest BCUT2D eigenvalue weighted by Crippen LogP contribution is -2.41. The highest BCUT2D eigenvalue weighted by atomic mass is 16.5. The van der Waals surface area contributed by atoms with Gasteiger partial charge in [-0.1, -0.05) is 6.07 Å². The van der Waals surface area contributed by atoms with Crippen LogP contribution in [0.25, 0.3) is 0 Å². The number of rotatable bonds is 4. The van der Waals surface area contributed by atoms with E-state index in [1.807, 2.05) is 30.0 Å². The molecule has 1 aromatic rings. The number of aryl methyl sites for hydroxylation is 1. The van der Waals surface area contributed by atoms with Gasteiger partial charge in [0.25, 0.3) is 5.91 Å². The number of methoxy groups -OCH3 is 1. The van der Waals surface area contributed by atoms with E-state index in [-0.39, 0.29) is 17.9 Å². The number of piperidine rings is 1. The molecule has 2 atom stereocenters. The fourth-order valence-corrected chi connectivity index (χ4v) is 3.84. The van der Waals surface area contributed by atoms with Crippen molar-refractivity contribution in [3.05, 3.63) is 29.3 Å². The number of hydrogen-bond donors (Lipinski definition) is 1. The molecule has 0 unspecified atom stereocenters. The Labute approximate surface area is 148 Å². The normalized spacial score (nSPS) is 24.3. The molecular weight excluding hydrogens is 320 g/mol. The van der Waals surface area contributed by atoms with Crippen molar-refractivity contribution < 1.29 is 19.1 Å². The molecule has 0 spiro atoms. The molecule has 6 nitrogen and oxygen atoms in total. The molecule has 2 amide bonds. The fraction of sp³-hybridized carbons (Fsp3) is 0.579. The number of primary amides is 1. The molecule has 0 aromatic heterocycles. The van der Waals surface area contributed by atoms with Crippen LogP contribution in [0.2, 0.25) is 0 Å². The number of ether oxygens (including phenoxy) is 2. The second kappa shape index (κ2) is 7.44. The van der Waals surface area contributed by atoms with Crippen LogP contribution in [0.3, 0.4) is 0 Å². The van der Waals surface area contributed by atoms with Gasteiger partial charge in [-0.15, -0.1) is 0 Å². The SMILES string of the molecule is COc1cc(C)ccc1C(=O)N1CCC([C@@H]2CC[C@H](C(N)=O)O2)CC1. The van der Waals surface area contributed by atoms with Gasteiger partial charge in [-0.3, -0.25) is 9.59 Å². The highest BCUT2D eigenvalue weighted by Gasteiger charge is 2.36. The van der Waals surface area contributed by atoms with E-state index in [4.69, 9.17) is 15.2 Å². The first-order valence-corrected chi connectivity index (χ1v) is 8.88. The van der Waals surface area contributed by atoms with Crippen molar-refractivity contribution in [3.63, 3.8) is 0 Å². The molecule has 3 rings (SSSR count). The number of nitrogens with zero attached hydrogens (tertiary/aromatic N) is 1. The van der Waals surface area contributed by atoms with Crippen LogP contribution in [-0.4, -0.2) is 49.1 Å². The summed E-state index contributed by atoms with van der Waals surface area (Å²) < 4.78 is 11.2. The van der Waals surface area contributed by atoms with Gasteiger partial charge in [0.05, 0.1) is 18.8 Å². The molecule has 2 saturated heterocycles. The molecule has 2 aliphatic rings. The van der Waals surface area contributed by atoms with Crippen LogP contribution in [-0.2, 0) is 9.53 Å². The van der Waals surface area contributed by atoms with Crippen molar-refractivity contribution >= 4 is 11.8 Å². The monoisotopic (exact) mass is 346 g/mol. The maximum absolute atomic E-state index is 12.8. The Morgan fingerprint density at radius 3 is 2.52 bits per heavy atom. The molecule has 25 heavy (non-hydrogen) atoms. The number of carbonyl (C=O) groups excluding carboxylic acids is 2. The lowest BCUT2D eigenvalue weighted by molar-refractivity contribution is -0.130. The van der Waals surface area contributed by atoms with E-state index >= 15 is 0 Å². The summed E-state index contributed by atoms with van der Waals surface area (Å²) >= 11 is 0. The molecule has 1 aromatic carbocycles. The van der Waals surface area contributed by atoms with E-state index in [2.05, 4.69) is 0 Å². The van der Waals surface area contributed by atoms with Gasteiger partial charge in [-0.2, -0.15) is 0 Å². The van der Waals surface area contributed by atoms with E-state index in [1.165, 1.54) is 0 Å². The molecule has 0 saturated carbocycles. The summed E-state index contributed by atoms with van der Waals surface area (Å²) in [5, 5.41) is 0. The molecule has 6 heteroatoms. The van der Waals surface area contributed by atoms with E-state index in [1.54, 1.807) is 7.11 Å². The lowest BCUT2D eigenvalue weighted by Gasteiger charge is -2.34. The van der Waals surface area contributed by atoms with E-state index in [0.717, 1.165) is 24.8 Å². The van der Waals surface area contributed by atoms with Gasteiger partial charge < -0.3 is 20.1 Å². The van der Waals surface area contributed by atoms with Gasteiger partial charge >= 0.3 is 0 Å². The number of nitrogens with two attached hydrogens (primary N) is 1. The zero-order chi connectivity index (χ0) is 18.0.